The van der Waals surface area contributed by atoms with Crippen LogP contribution < -0.4 is 5.32 Å². The summed E-state index contributed by atoms with van der Waals surface area (Å²) in [4.78, 5) is 4.64. The van der Waals surface area contributed by atoms with Gasteiger partial charge in [0.2, 0.25) is 11.7 Å². The summed E-state index contributed by atoms with van der Waals surface area (Å²) >= 11 is 0. The third kappa shape index (κ3) is 1.77. The van der Waals surface area contributed by atoms with Crippen LogP contribution in [0.2, 0.25) is 0 Å². The highest BCUT2D eigenvalue weighted by molar-refractivity contribution is 5.11. The molecule has 2 fully saturated rings. The van der Waals surface area contributed by atoms with Crippen molar-refractivity contribution in [1.82, 2.24) is 15.5 Å². The van der Waals surface area contributed by atoms with Gasteiger partial charge >= 0.3 is 0 Å². The van der Waals surface area contributed by atoms with Crippen LogP contribution in [0.3, 0.4) is 0 Å². The zero-order chi connectivity index (χ0) is 12.6. The first-order chi connectivity index (χ1) is 8.69. The van der Waals surface area contributed by atoms with Gasteiger partial charge in [0.1, 0.15) is 5.60 Å². The quantitative estimate of drug-likeness (QED) is 0.886. The molecule has 0 amide bonds. The number of piperidine rings is 1. The molecule has 0 spiro atoms. The van der Waals surface area contributed by atoms with E-state index in [-0.39, 0.29) is 11.0 Å². The number of hydrogen-bond donors (Lipinski definition) is 1. The molecule has 0 radical (unpaired) electrons. The fourth-order valence-electron chi connectivity index (χ4n) is 2.86. The molecule has 1 N–H and O–H groups in total. The van der Waals surface area contributed by atoms with Gasteiger partial charge in [-0.15, -0.1) is 0 Å². The minimum absolute atomic E-state index is 0.0230. The van der Waals surface area contributed by atoms with Crippen molar-refractivity contribution in [2.45, 2.75) is 50.0 Å². The van der Waals surface area contributed by atoms with Gasteiger partial charge in [0.25, 0.3) is 0 Å². The van der Waals surface area contributed by atoms with Crippen LogP contribution >= 0.6 is 0 Å². The molecule has 3 rings (SSSR count). The van der Waals surface area contributed by atoms with Gasteiger partial charge in [-0.25, -0.2) is 0 Å². The van der Waals surface area contributed by atoms with Gasteiger partial charge in [-0.05, 0) is 45.2 Å². The monoisotopic (exact) mass is 251 g/mol. The van der Waals surface area contributed by atoms with E-state index in [0.29, 0.717) is 0 Å². The lowest BCUT2D eigenvalue weighted by Crippen LogP contribution is -2.39. The summed E-state index contributed by atoms with van der Waals surface area (Å²) in [6.07, 6.45) is 5.28. The molecule has 100 valence electrons. The Labute approximate surface area is 107 Å². The molecule has 1 aromatic heterocycles. The maximum atomic E-state index is 5.60. The summed E-state index contributed by atoms with van der Waals surface area (Å²) in [7, 11) is 1.74. The van der Waals surface area contributed by atoms with E-state index in [1.54, 1.807) is 7.11 Å². The summed E-state index contributed by atoms with van der Waals surface area (Å²) in [6, 6.07) is 0. The molecule has 0 atom stereocenters. The molecular weight excluding hydrogens is 230 g/mol. The maximum Gasteiger partial charge on any atom is 0.232 e. The third-order valence-corrected chi connectivity index (χ3v) is 4.61. The highest BCUT2D eigenvalue weighted by Gasteiger charge is 2.45. The van der Waals surface area contributed by atoms with E-state index in [2.05, 4.69) is 22.4 Å². The van der Waals surface area contributed by atoms with Crippen LogP contribution in [-0.4, -0.2) is 30.3 Å². The number of hydrogen-bond acceptors (Lipinski definition) is 5. The normalized spacial score (nSPS) is 25.7. The lowest BCUT2D eigenvalue weighted by molar-refractivity contribution is -0.0858. The second-order valence-corrected chi connectivity index (χ2v) is 5.79. The van der Waals surface area contributed by atoms with Crippen molar-refractivity contribution >= 4 is 0 Å². The molecule has 0 unspecified atom stereocenters. The van der Waals surface area contributed by atoms with E-state index in [9.17, 15) is 0 Å². The van der Waals surface area contributed by atoms with Gasteiger partial charge in [0.15, 0.2) is 0 Å². The predicted octanol–water partition coefficient (Wildman–Crippen LogP) is 1.74. The van der Waals surface area contributed by atoms with Crippen molar-refractivity contribution in [2.75, 3.05) is 20.2 Å². The Morgan fingerprint density at radius 3 is 2.50 bits per heavy atom. The molecule has 1 aromatic rings. The zero-order valence-corrected chi connectivity index (χ0v) is 11.2. The van der Waals surface area contributed by atoms with Crippen molar-refractivity contribution in [2.24, 2.45) is 0 Å². The predicted molar refractivity (Wildman–Crippen MR) is 66.3 cm³/mol. The summed E-state index contributed by atoms with van der Waals surface area (Å²) in [5.41, 5.74) is -0.250. The first-order valence-corrected chi connectivity index (χ1v) is 6.79. The molecule has 0 bridgehead atoms. The smallest absolute Gasteiger partial charge is 0.232 e. The first kappa shape index (κ1) is 12.1. The molecule has 1 saturated carbocycles. The van der Waals surface area contributed by atoms with Gasteiger partial charge in [0, 0.05) is 12.5 Å². The molecule has 2 aliphatic rings. The summed E-state index contributed by atoms with van der Waals surface area (Å²) in [6.45, 7) is 4.25. The lowest BCUT2D eigenvalue weighted by atomic mass is 9.78. The number of rotatable bonds is 3. The number of nitrogens with one attached hydrogen (secondary N) is 1. The van der Waals surface area contributed by atoms with Gasteiger partial charge in [-0.1, -0.05) is 12.1 Å². The molecular formula is C13H21N3O2. The molecule has 1 saturated heterocycles. The molecule has 18 heavy (non-hydrogen) atoms. The Bertz CT molecular complexity index is 414. The Morgan fingerprint density at radius 1 is 1.22 bits per heavy atom. The van der Waals surface area contributed by atoms with E-state index in [0.717, 1.165) is 50.5 Å². The maximum absolute atomic E-state index is 5.60. The Balaban J connectivity index is 1.84. The molecule has 1 aliphatic carbocycles. The largest absolute Gasteiger partial charge is 0.370 e. The third-order valence-electron chi connectivity index (χ3n) is 4.61. The van der Waals surface area contributed by atoms with E-state index in [1.807, 2.05) is 0 Å². The molecule has 2 heterocycles. The molecule has 1 aliphatic heterocycles. The standard InChI is InChI=1S/C13H21N3O2/c1-12(6-8-14-9-7-12)11-15-10(16-18-11)13(17-2)4-3-5-13/h14H,3-9H2,1-2H3. The van der Waals surface area contributed by atoms with E-state index in [4.69, 9.17) is 9.26 Å². The molecule has 5 heteroatoms. The summed E-state index contributed by atoms with van der Waals surface area (Å²) < 4.78 is 11.1. The average molecular weight is 251 g/mol. The summed E-state index contributed by atoms with van der Waals surface area (Å²) in [5, 5.41) is 7.54. The number of methoxy groups -OCH3 is 1. The van der Waals surface area contributed by atoms with E-state index in [1.165, 1.54) is 6.42 Å². The van der Waals surface area contributed by atoms with Crippen molar-refractivity contribution in [1.29, 1.82) is 0 Å². The number of aromatic nitrogens is 2. The minimum Gasteiger partial charge on any atom is -0.370 e. The Hall–Kier alpha value is -0.940. The van der Waals surface area contributed by atoms with Crippen LogP contribution in [0, 0.1) is 0 Å². The first-order valence-electron chi connectivity index (χ1n) is 6.79. The Kier molecular flexibility index (Phi) is 2.90. The van der Waals surface area contributed by atoms with Crippen LogP contribution in [0.25, 0.3) is 0 Å². The SMILES string of the molecule is COC1(c2noc(C3(C)CCNCC3)n2)CCC1. The second-order valence-electron chi connectivity index (χ2n) is 5.79. The van der Waals surface area contributed by atoms with Crippen LogP contribution in [0.4, 0.5) is 0 Å². The Morgan fingerprint density at radius 2 is 1.94 bits per heavy atom. The number of ether oxygens (including phenoxy) is 1. The van der Waals surface area contributed by atoms with Crippen LogP contribution in [0.15, 0.2) is 4.52 Å². The molecule has 5 nitrogen and oxygen atoms in total. The topological polar surface area (TPSA) is 60.2 Å². The highest BCUT2D eigenvalue weighted by Crippen LogP contribution is 2.43. The fraction of sp³-hybridized carbons (Fsp3) is 0.846. The zero-order valence-electron chi connectivity index (χ0n) is 11.2. The minimum atomic E-state index is -0.273. The average Bonchev–Trinajstić information content (AvgIpc) is 2.80. The van der Waals surface area contributed by atoms with E-state index >= 15 is 0 Å². The van der Waals surface area contributed by atoms with Gasteiger partial charge in [-0.3, -0.25) is 0 Å². The van der Waals surface area contributed by atoms with Gasteiger partial charge in [-0.2, -0.15) is 4.98 Å². The molecule has 0 aromatic carbocycles. The van der Waals surface area contributed by atoms with Crippen LogP contribution in [0.5, 0.6) is 0 Å². The highest BCUT2D eigenvalue weighted by atomic mass is 16.5. The second kappa shape index (κ2) is 4.31. The van der Waals surface area contributed by atoms with Crippen molar-refractivity contribution in [3.63, 3.8) is 0 Å². The van der Waals surface area contributed by atoms with Crippen molar-refractivity contribution in [3.8, 4) is 0 Å². The number of nitrogens with zero attached hydrogens (tertiary/aromatic N) is 2. The van der Waals surface area contributed by atoms with Crippen LogP contribution in [-0.2, 0) is 15.8 Å². The summed E-state index contributed by atoms with van der Waals surface area (Å²) in [5.74, 6) is 1.52. The van der Waals surface area contributed by atoms with Crippen LogP contribution in [0.1, 0.15) is 50.7 Å². The lowest BCUT2D eigenvalue weighted by Gasteiger charge is -2.37. The fourth-order valence-corrected chi connectivity index (χ4v) is 2.86. The van der Waals surface area contributed by atoms with E-state index < -0.39 is 0 Å². The van der Waals surface area contributed by atoms with Crippen molar-refractivity contribution < 1.29 is 9.26 Å². The van der Waals surface area contributed by atoms with Gasteiger partial charge < -0.3 is 14.6 Å². The van der Waals surface area contributed by atoms with Crippen molar-refractivity contribution in [3.05, 3.63) is 11.7 Å². The van der Waals surface area contributed by atoms with Gasteiger partial charge in [0.05, 0.1) is 0 Å².